The summed E-state index contributed by atoms with van der Waals surface area (Å²) in [5.74, 6) is 0. The zero-order valence-electron chi connectivity index (χ0n) is 9.76. The highest BCUT2D eigenvalue weighted by Gasteiger charge is 2.15. The van der Waals surface area contributed by atoms with Crippen LogP contribution in [0.25, 0.3) is 6.08 Å². The molecule has 0 aromatic heterocycles. The van der Waals surface area contributed by atoms with E-state index in [1.165, 1.54) is 0 Å². The maximum absolute atomic E-state index is 10.2. The molecular weight excluding hydrogens is 208 g/mol. The first-order valence-corrected chi connectivity index (χ1v) is 5.69. The lowest BCUT2D eigenvalue weighted by atomic mass is 9.91. The Bertz CT molecular complexity index is 506. The number of aliphatic hydroxyl groups excluding tert-OH is 1. The minimum Gasteiger partial charge on any atom is -0.388 e. The fraction of sp³-hybridized carbons (Fsp3) is 0.125. The second kappa shape index (κ2) is 4.98. The number of allylic oxidation sites excluding steroid dienone is 4. The summed E-state index contributed by atoms with van der Waals surface area (Å²) in [4.78, 5) is 0. The van der Waals surface area contributed by atoms with Gasteiger partial charge in [-0.25, -0.2) is 0 Å². The predicted octanol–water partition coefficient (Wildman–Crippen LogP) is 3.81. The van der Waals surface area contributed by atoms with Crippen LogP contribution in [0.15, 0.2) is 66.8 Å². The van der Waals surface area contributed by atoms with Crippen LogP contribution in [0.4, 0.5) is 0 Å². The molecule has 0 amide bonds. The Balaban J connectivity index is 2.55. The van der Waals surface area contributed by atoms with Crippen molar-refractivity contribution in [3.8, 4) is 0 Å². The van der Waals surface area contributed by atoms with Crippen molar-refractivity contribution in [3.05, 3.63) is 77.9 Å². The van der Waals surface area contributed by atoms with Gasteiger partial charge in [-0.3, -0.25) is 0 Å². The summed E-state index contributed by atoms with van der Waals surface area (Å²) >= 11 is 0. The molecule has 1 atom stereocenters. The van der Waals surface area contributed by atoms with Crippen molar-refractivity contribution in [1.29, 1.82) is 0 Å². The van der Waals surface area contributed by atoms with Crippen molar-refractivity contribution in [1.82, 2.24) is 0 Å². The van der Waals surface area contributed by atoms with Crippen LogP contribution in [0.2, 0.25) is 0 Å². The van der Waals surface area contributed by atoms with Gasteiger partial charge >= 0.3 is 0 Å². The predicted molar refractivity (Wildman–Crippen MR) is 72.5 cm³/mol. The number of hydrogen-bond donors (Lipinski definition) is 1. The molecule has 0 bridgehead atoms. The van der Waals surface area contributed by atoms with Crippen molar-refractivity contribution in [3.63, 3.8) is 0 Å². The van der Waals surface area contributed by atoms with Gasteiger partial charge in [0.15, 0.2) is 0 Å². The largest absolute Gasteiger partial charge is 0.388 e. The summed E-state index contributed by atoms with van der Waals surface area (Å²) in [7, 11) is 0. The Morgan fingerprint density at radius 2 is 1.88 bits per heavy atom. The summed E-state index contributed by atoms with van der Waals surface area (Å²) in [6.45, 7) is 7.59. The maximum Gasteiger partial charge on any atom is 0.0836 e. The van der Waals surface area contributed by atoms with E-state index in [2.05, 4.69) is 13.2 Å². The van der Waals surface area contributed by atoms with Gasteiger partial charge < -0.3 is 5.11 Å². The zero-order valence-corrected chi connectivity index (χ0v) is 9.76. The highest BCUT2D eigenvalue weighted by molar-refractivity contribution is 5.61. The molecule has 1 heteroatoms. The summed E-state index contributed by atoms with van der Waals surface area (Å²) in [5.41, 5.74) is 4.07. The quantitative estimate of drug-likeness (QED) is 0.810. The Labute approximate surface area is 102 Å². The molecule has 0 aliphatic heterocycles. The average Bonchev–Trinajstić information content (AvgIpc) is 2.36. The van der Waals surface area contributed by atoms with Crippen molar-refractivity contribution < 1.29 is 5.11 Å². The first-order valence-electron chi connectivity index (χ1n) is 5.69. The van der Waals surface area contributed by atoms with Crippen LogP contribution in [-0.2, 0) is 0 Å². The van der Waals surface area contributed by atoms with Crippen LogP contribution in [-0.4, -0.2) is 5.11 Å². The number of benzene rings is 1. The van der Waals surface area contributed by atoms with Crippen molar-refractivity contribution >= 4 is 6.08 Å². The van der Waals surface area contributed by atoms with E-state index in [0.717, 1.165) is 22.3 Å². The average molecular weight is 224 g/mol. The first-order chi connectivity index (χ1) is 8.26. The van der Waals surface area contributed by atoms with E-state index < -0.39 is 6.10 Å². The second-order valence-corrected chi connectivity index (χ2v) is 4.07. The van der Waals surface area contributed by atoms with E-state index in [1.54, 1.807) is 12.2 Å². The van der Waals surface area contributed by atoms with Gasteiger partial charge in [-0.1, -0.05) is 61.7 Å². The van der Waals surface area contributed by atoms with E-state index >= 15 is 0 Å². The molecule has 17 heavy (non-hydrogen) atoms. The molecule has 1 aliphatic rings. The van der Waals surface area contributed by atoms with Crippen LogP contribution < -0.4 is 0 Å². The maximum atomic E-state index is 10.2. The van der Waals surface area contributed by atoms with E-state index in [4.69, 9.17) is 0 Å². The molecule has 1 aromatic carbocycles. The molecule has 0 saturated carbocycles. The van der Waals surface area contributed by atoms with Crippen LogP contribution in [0.5, 0.6) is 0 Å². The molecule has 1 aliphatic carbocycles. The highest BCUT2D eigenvalue weighted by Crippen LogP contribution is 2.30. The molecule has 1 unspecified atom stereocenters. The van der Waals surface area contributed by atoms with Gasteiger partial charge in [0.1, 0.15) is 0 Å². The molecular formula is C16H16O. The molecule has 1 N–H and O–H groups in total. The molecule has 1 aromatic rings. The van der Waals surface area contributed by atoms with Gasteiger partial charge in [-0.15, -0.1) is 0 Å². The lowest BCUT2D eigenvalue weighted by molar-refractivity contribution is 0.179. The van der Waals surface area contributed by atoms with Crippen molar-refractivity contribution in [2.24, 2.45) is 0 Å². The smallest absolute Gasteiger partial charge is 0.0836 e. The number of aliphatic hydroxyl groups is 1. The van der Waals surface area contributed by atoms with Gasteiger partial charge in [0, 0.05) is 6.42 Å². The minimum absolute atomic E-state index is 0.487. The van der Waals surface area contributed by atoms with Crippen LogP contribution >= 0.6 is 0 Å². The molecule has 86 valence electrons. The summed E-state index contributed by atoms with van der Waals surface area (Å²) in [6, 6.07) is 7.89. The van der Waals surface area contributed by atoms with Gasteiger partial charge in [0.2, 0.25) is 0 Å². The van der Waals surface area contributed by atoms with Gasteiger partial charge in [0.05, 0.1) is 6.10 Å². The summed E-state index contributed by atoms with van der Waals surface area (Å²) < 4.78 is 0. The van der Waals surface area contributed by atoms with Gasteiger partial charge in [-0.05, 0) is 22.3 Å². The number of rotatable bonds is 2. The Kier molecular flexibility index (Phi) is 3.40. The van der Waals surface area contributed by atoms with Crippen LogP contribution in [0, 0.1) is 0 Å². The second-order valence-electron chi connectivity index (χ2n) is 4.07. The standard InChI is InChI=1S/C16H16O/c1-3-12-9-10-14-7-5-6-8-15(14)16(17)11-13(12)4-2/h3-10,16-17H,1-2,11H2/b10-9-,13-12-. The number of hydrogen-bond acceptors (Lipinski definition) is 1. The third-order valence-corrected chi connectivity index (χ3v) is 3.05. The lowest BCUT2D eigenvalue weighted by Gasteiger charge is -2.18. The fourth-order valence-corrected chi connectivity index (χ4v) is 2.09. The van der Waals surface area contributed by atoms with Gasteiger partial charge in [-0.2, -0.15) is 0 Å². The zero-order chi connectivity index (χ0) is 12.3. The lowest BCUT2D eigenvalue weighted by Crippen LogP contribution is -2.03. The van der Waals surface area contributed by atoms with Gasteiger partial charge in [0.25, 0.3) is 0 Å². The highest BCUT2D eigenvalue weighted by atomic mass is 16.3. The topological polar surface area (TPSA) is 20.2 Å². The Hall–Kier alpha value is -1.86. The molecule has 0 heterocycles. The van der Waals surface area contributed by atoms with Crippen molar-refractivity contribution in [2.45, 2.75) is 12.5 Å². The summed E-state index contributed by atoms with van der Waals surface area (Å²) in [5, 5.41) is 10.2. The van der Waals surface area contributed by atoms with Crippen molar-refractivity contribution in [2.75, 3.05) is 0 Å². The van der Waals surface area contributed by atoms with Crippen LogP contribution in [0.1, 0.15) is 23.7 Å². The van der Waals surface area contributed by atoms with E-state index in [-0.39, 0.29) is 0 Å². The monoisotopic (exact) mass is 224 g/mol. The van der Waals surface area contributed by atoms with E-state index in [9.17, 15) is 5.11 Å². The summed E-state index contributed by atoms with van der Waals surface area (Å²) in [6.07, 6.45) is 7.71. The molecule has 0 spiro atoms. The fourth-order valence-electron chi connectivity index (χ4n) is 2.09. The Morgan fingerprint density at radius 3 is 2.59 bits per heavy atom. The minimum atomic E-state index is -0.487. The molecule has 1 nitrogen and oxygen atoms in total. The number of fused-ring (bicyclic) bond motifs is 1. The molecule has 0 saturated heterocycles. The van der Waals surface area contributed by atoms with E-state index in [1.807, 2.05) is 36.4 Å². The first kappa shape index (κ1) is 11.6. The Morgan fingerprint density at radius 1 is 1.12 bits per heavy atom. The normalized spacial score (nSPS) is 25.4. The van der Waals surface area contributed by atoms with E-state index in [0.29, 0.717) is 6.42 Å². The third-order valence-electron chi connectivity index (χ3n) is 3.05. The SMILES string of the molecule is C=CC1=C(\C=C)CC(O)c2ccccc2/C=C\1. The molecule has 0 fully saturated rings. The third kappa shape index (κ3) is 2.29. The van der Waals surface area contributed by atoms with Crippen LogP contribution in [0.3, 0.4) is 0 Å². The molecule has 2 rings (SSSR count). The molecule has 0 radical (unpaired) electrons.